The van der Waals surface area contributed by atoms with Crippen LogP contribution < -0.4 is 5.32 Å². The predicted octanol–water partition coefficient (Wildman–Crippen LogP) is 3.28. The van der Waals surface area contributed by atoms with Crippen molar-refractivity contribution < 1.29 is 18.7 Å². The van der Waals surface area contributed by atoms with Crippen LogP contribution in [0.4, 0.5) is 0 Å². The molecule has 27 heavy (non-hydrogen) atoms. The van der Waals surface area contributed by atoms with E-state index in [4.69, 9.17) is 13.9 Å². The Labute approximate surface area is 160 Å². The topological polar surface area (TPSA) is 73.6 Å². The number of oxazole rings is 1. The number of amides is 1. The fourth-order valence-corrected chi connectivity index (χ4v) is 2.98. The van der Waals surface area contributed by atoms with Crippen molar-refractivity contribution in [1.29, 1.82) is 0 Å². The lowest BCUT2D eigenvalue weighted by Crippen LogP contribution is -2.26. The second-order valence-corrected chi connectivity index (χ2v) is 6.90. The lowest BCUT2D eigenvalue weighted by Gasteiger charge is -2.10. The van der Waals surface area contributed by atoms with Crippen molar-refractivity contribution in [2.45, 2.75) is 45.1 Å². The smallest absolute Gasteiger partial charge is 0.220 e. The van der Waals surface area contributed by atoms with Crippen LogP contribution >= 0.6 is 0 Å². The van der Waals surface area contributed by atoms with Gasteiger partial charge in [-0.3, -0.25) is 4.79 Å². The Morgan fingerprint density at radius 3 is 2.96 bits per heavy atom. The zero-order valence-corrected chi connectivity index (χ0v) is 15.9. The van der Waals surface area contributed by atoms with E-state index < -0.39 is 0 Å². The van der Waals surface area contributed by atoms with Gasteiger partial charge in [0, 0.05) is 38.2 Å². The Kier molecular flexibility index (Phi) is 7.42. The lowest BCUT2D eigenvalue weighted by atomic mass is 10.1. The maximum Gasteiger partial charge on any atom is 0.220 e. The Balaban J connectivity index is 1.28. The van der Waals surface area contributed by atoms with E-state index in [9.17, 15) is 4.79 Å². The first-order valence-corrected chi connectivity index (χ1v) is 9.68. The van der Waals surface area contributed by atoms with Crippen molar-refractivity contribution in [2.24, 2.45) is 0 Å². The van der Waals surface area contributed by atoms with Gasteiger partial charge >= 0.3 is 0 Å². The first kappa shape index (κ1) is 19.6. The van der Waals surface area contributed by atoms with E-state index in [1.165, 1.54) is 5.56 Å². The van der Waals surface area contributed by atoms with Gasteiger partial charge in [0.25, 0.3) is 0 Å². The van der Waals surface area contributed by atoms with Crippen LogP contribution in [0.5, 0.6) is 0 Å². The van der Waals surface area contributed by atoms with Gasteiger partial charge in [-0.2, -0.15) is 0 Å². The average Bonchev–Trinajstić information content (AvgIpc) is 3.35. The summed E-state index contributed by atoms with van der Waals surface area (Å²) in [6.45, 7) is 4.80. The largest absolute Gasteiger partial charge is 0.441 e. The highest BCUT2D eigenvalue weighted by molar-refractivity contribution is 5.76. The number of benzene rings is 1. The summed E-state index contributed by atoms with van der Waals surface area (Å²) in [6.07, 6.45) is 5.84. The van der Waals surface area contributed by atoms with E-state index in [0.717, 1.165) is 37.2 Å². The number of nitrogens with zero attached hydrogens (tertiary/aromatic N) is 1. The Morgan fingerprint density at radius 1 is 1.33 bits per heavy atom. The summed E-state index contributed by atoms with van der Waals surface area (Å²) in [5.41, 5.74) is 2.19. The molecule has 1 aromatic heterocycles. The van der Waals surface area contributed by atoms with Crippen LogP contribution in [0.25, 0.3) is 11.3 Å². The monoisotopic (exact) mass is 372 g/mol. The molecule has 6 heteroatoms. The molecule has 1 atom stereocenters. The minimum Gasteiger partial charge on any atom is -0.441 e. The summed E-state index contributed by atoms with van der Waals surface area (Å²) >= 11 is 0. The molecule has 0 aliphatic carbocycles. The summed E-state index contributed by atoms with van der Waals surface area (Å²) in [5, 5.41) is 2.91. The Hall–Kier alpha value is -2.18. The quantitative estimate of drug-likeness (QED) is 0.648. The van der Waals surface area contributed by atoms with Crippen LogP contribution in [0, 0.1) is 6.92 Å². The van der Waals surface area contributed by atoms with E-state index in [1.807, 2.05) is 31.2 Å². The number of carbonyl (C=O) groups is 1. The fraction of sp³-hybridized carbons (Fsp3) is 0.524. The molecular formula is C21H28N2O4. The molecule has 0 radical (unpaired) electrons. The molecule has 1 aliphatic heterocycles. The van der Waals surface area contributed by atoms with Gasteiger partial charge in [-0.25, -0.2) is 4.98 Å². The molecule has 1 aliphatic rings. The third-order valence-corrected chi connectivity index (χ3v) is 4.57. The van der Waals surface area contributed by atoms with Crippen LogP contribution in [-0.2, 0) is 20.7 Å². The summed E-state index contributed by atoms with van der Waals surface area (Å²) < 4.78 is 16.8. The first-order valence-electron chi connectivity index (χ1n) is 9.68. The molecule has 0 saturated carbocycles. The number of aromatic nitrogens is 1. The summed E-state index contributed by atoms with van der Waals surface area (Å²) in [4.78, 5) is 16.2. The second-order valence-electron chi connectivity index (χ2n) is 6.90. The number of rotatable bonds is 10. The second kappa shape index (κ2) is 10.2. The maximum absolute atomic E-state index is 11.9. The van der Waals surface area contributed by atoms with Gasteiger partial charge in [-0.1, -0.05) is 29.8 Å². The maximum atomic E-state index is 11.9. The minimum atomic E-state index is 0.00390. The SMILES string of the molecule is Cc1ccc(-c2cnc(CCC(=O)NCCCOCC3CCCO3)o2)cc1. The van der Waals surface area contributed by atoms with Crippen LogP contribution in [-0.4, -0.2) is 43.4 Å². The van der Waals surface area contributed by atoms with Gasteiger partial charge < -0.3 is 19.2 Å². The highest BCUT2D eigenvalue weighted by Gasteiger charge is 2.15. The van der Waals surface area contributed by atoms with Gasteiger partial charge in [-0.05, 0) is 26.2 Å². The van der Waals surface area contributed by atoms with E-state index >= 15 is 0 Å². The molecule has 1 unspecified atom stereocenters. The van der Waals surface area contributed by atoms with Crippen molar-refractivity contribution in [3.05, 3.63) is 41.9 Å². The molecule has 3 rings (SSSR count). The van der Waals surface area contributed by atoms with Crippen LogP contribution in [0.1, 0.15) is 37.1 Å². The third-order valence-electron chi connectivity index (χ3n) is 4.57. The number of hydrogen-bond donors (Lipinski definition) is 1. The first-order chi connectivity index (χ1) is 13.2. The van der Waals surface area contributed by atoms with Crippen LogP contribution in [0.2, 0.25) is 0 Å². The molecule has 1 aromatic carbocycles. The van der Waals surface area contributed by atoms with Crippen molar-refractivity contribution >= 4 is 5.91 Å². The molecule has 0 spiro atoms. The van der Waals surface area contributed by atoms with Gasteiger partial charge in [0.2, 0.25) is 5.91 Å². The number of ether oxygens (including phenoxy) is 2. The summed E-state index contributed by atoms with van der Waals surface area (Å²) in [7, 11) is 0. The summed E-state index contributed by atoms with van der Waals surface area (Å²) in [5.74, 6) is 1.32. The van der Waals surface area contributed by atoms with E-state index in [1.54, 1.807) is 6.20 Å². The zero-order chi connectivity index (χ0) is 18.9. The van der Waals surface area contributed by atoms with Gasteiger partial charge in [0.05, 0.1) is 18.9 Å². The van der Waals surface area contributed by atoms with Gasteiger partial charge in [-0.15, -0.1) is 0 Å². The highest BCUT2D eigenvalue weighted by atomic mass is 16.5. The third kappa shape index (κ3) is 6.48. The van der Waals surface area contributed by atoms with Gasteiger partial charge in [0.1, 0.15) is 0 Å². The van der Waals surface area contributed by atoms with Crippen molar-refractivity contribution in [3.63, 3.8) is 0 Å². The standard InChI is InChI=1S/C21H28N2O4/c1-16-5-7-17(8-6-16)19-14-23-21(27-19)10-9-20(24)22-11-3-12-25-15-18-4-2-13-26-18/h5-8,14,18H,2-4,9-13,15H2,1H3,(H,22,24). The molecule has 2 aromatic rings. The fourth-order valence-electron chi connectivity index (χ4n) is 2.98. The molecule has 6 nitrogen and oxygen atoms in total. The summed E-state index contributed by atoms with van der Waals surface area (Å²) in [6, 6.07) is 8.09. The van der Waals surface area contributed by atoms with Crippen LogP contribution in [0.3, 0.4) is 0 Å². The van der Waals surface area contributed by atoms with E-state index in [0.29, 0.717) is 38.5 Å². The van der Waals surface area contributed by atoms with Crippen LogP contribution in [0.15, 0.2) is 34.9 Å². The van der Waals surface area contributed by atoms with Gasteiger partial charge in [0.15, 0.2) is 11.7 Å². The molecule has 1 saturated heterocycles. The average molecular weight is 372 g/mol. The Bertz CT molecular complexity index is 705. The normalized spacial score (nSPS) is 16.6. The van der Waals surface area contributed by atoms with Crippen molar-refractivity contribution in [3.8, 4) is 11.3 Å². The van der Waals surface area contributed by atoms with E-state index in [-0.39, 0.29) is 12.0 Å². The van der Waals surface area contributed by atoms with Crippen molar-refractivity contribution in [1.82, 2.24) is 10.3 Å². The lowest BCUT2D eigenvalue weighted by molar-refractivity contribution is -0.121. The van der Waals surface area contributed by atoms with Crippen molar-refractivity contribution in [2.75, 3.05) is 26.4 Å². The number of nitrogens with one attached hydrogen (secondary N) is 1. The number of aryl methyl sites for hydroxylation is 2. The Morgan fingerprint density at radius 2 is 2.19 bits per heavy atom. The molecular weight excluding hydrogens is 344 g/mol. The van der Waals surface area contributed by atoms with E-state index in [2.05, 4.69) is 10.3 Å². The zero-order valence-electron chi connectivity index (χ0n) is 15.9. The molecule has 1 fully saturated rings. The molecule has 2 heterocycles. The molecule has 1 N–H and O–H groups in total. The predicted molar refractivity (Wildman–Crippen MR) is 102 cm³/mol. The minimum absolute atomic E-state index is 0.00390. The molecule has 0 bridgehead atoms. The molecule has 1 amide bonds. The molecule has 146 valence electrons. The number of carbonyl (C=O) groups excluding carboxylic acids is 1. The highest BCUT2D eigenvalue weighted by Crippen LogP contribution is 2.21. The number of hydrogen-bond acceptors (Lipinski definition) is 5.